The van der Waals surface area contributed by atoms with E-state index in [2.05, 4.69) is 45.0 Å². The molecular weight excluding hydrogens is 328 g/mol. The third kappa shape index (κ3) is 4.21. The van der Waals surface area contributed by atoms with Crippen molar-refractivity contribution in [2.45, 2.75) is 59.5 Å². The molecule has 1 saturated carbocycles. The molecule has 0 unspecified atom stereocenters. The molecule has 0 bridgehead atoms. The summed E-state index contributed by atoms with van der Waals surface area (Å²) >= 11 is 5.29. The van der Waals surface area contributed by atoms with E-state index in [0.29, 0.717) is 17.6 Å². The van der Waals surface area contributed by atoms with Crippen LogP contribution >= 0.6 is 12.2 Å². The van der Waals surface area contributed by atoms with Crippen molar-refractivity contribution in [1.29, 1.82) is 0 Å². The third-order valence-electron chi connectivity index (χ3n) is 4.86. The van der Waals surface area contributed by atoms with Crippen molar-refractivity contribution >= 4 is 17.3 Å². The van der Waals surface area contributed by atoms with E-state index in [1.807, 2.05) is 13.0 Å². The molecule has 1 aliphatic rings. The maximum absolute atomic E-state index is 6.21. The maximum atomic E-state index is 6.21. The number of aryl methyl sites for hydroxylation is 3. The summed E-state index contributed by atoms with van der Waals surface area (Å²) in [4.78, 5) is 0. The van der Waals surface area contributed by atoms with Crippen LogP contribution in [0.4, 0.5) is 0 Å². The first-order valence-corrected chi connectivity index (χ1v) is 9.43. The Balaban J connectivity index is 1.88. The van der Waals surface area contributed by atoms with Gasteiger partial charge < -0.3 is 9.47 Å². The Bertz CT molecular complexity index is 791. The van der Waals surface area contributed by atoms with E-state index in [9.17, 15) is 0 Å². The molecule has 1 aliphatic carbocycles. The number of ether oxygens (including phenoxy) is 2. The topological polar surface area (TPSA) is 18.5 Å². The van der Waals surface area contributed by atoms with E-state index in [0.717, 1.165) is 23.5 Å². The molecule has 2 aromatic rings. The van der Waals surface area contributed by atoms with Gasteiger partial charge in [0.05, 0.1) is 0 Å². The van der Waals surface area contributed by atoms with Crippen molar-refractivity contribution in [3.8, 4) is 11.5 Å². The lowest BCUT2D eigenvalue weighted by Crippen LogP contribution is -2.09. The zero-order valence-electron chi connectivity index (χ0n) is 15.5. The highest BCUT2D eigenvalue weighted by molar-refractivity contribution is 7.80. The molecular formula is C22H26O2S. The molecule has 0 aromatic heterocycles. The van der Waals surface area contributed by atoms with Gasteiger partial charge in [-0.25, -0.2) is 0 Å². The Morgan fingerprint density at radius 2 is 1.76 bits per heavy atom. The van der Waals surface area contributed by atoms with Crippen LogP contribution in [0.2, 0.25) is 0 Å². The van der Waals surface area contributed by atoms with Gasteiger partial charge in [0.25, 0.3) is 0 Å². The average Bonchev–Trinajstić information content (AvgIpc) is 3.42. The van der Waals surface area contributed by atoms with Crippen molar-refractivity contribution in [2.24, 2.45) is 0 Å². The van der Waals surface area contributed by atoms with Crippen molar-refractivity contribution in [3.63, 3.8) is 0 Å². The highest BCUT2D eigenvalue weighted by Gasteiger charge is 2.28. The molecule has 2 nitrogen and oxygen atoms in total. The molecule has 3 rings (SSSR count). The minimum Gasteiger partial charge on any atom is -0.488 e. The predicted octanol–water partition coefficient (Wildman–Crippen LogP) is 6.18. The third-order valence-corrected chi connectivity index (χ3v) is 5.23. The summed E-state index contributed by atoms with van der Waals surface area (Å²) in [5, 5.41) is 0.622. The smallest absolute Gasteiger partial charge is 0.167 e. The maximum Gasteiger partial charge on any atom is 0.167 e. The van der Waals surface area contributed by atoms with Gasteiger partial charge in [0, 0.05) is 12.0 Å². The van der Waals surface area contributed by atoms with Gasteiger partial charge in [-0.2, -0.15) is 0 Å². The molecule has 0 radical (unpaired) electrons. The van der Waals surface area contributed by atoms with Crippen LogP contribution in [0, 0.1) is 20.8 Å². The average molecular weight is 355 g/mol. The fourth-order valence-corrected chi connectivity index (χ4v) is 3.13. The van der Waals surface area contributed by atoms with Crippen LogP contribution in [0.3, 0.4) is 0 Å². The van der Waals surface area contributed by atoms with E-state index >= 15 is 0 Å². The van der Waals surface area contributed by atoms with E-state index < -0.39 is 0 Å². The van der Waals surface area contributed by atoms with Gasteiger partial charge in [-0.15, -0.1) is 0 Å². The van der Waals surface area contributed by atoms with Crippen LogP contribution in [0.1, 0.15) is 59.9 Å². The molecule has 0 spiro atoms. The molecule has 25 heavy (non-hydrogen) atoms. The molecule has 3 heteroatoms. The minimum atomic E-state index is 0.512. The molecule has 0 saturated heterocycles. The minimum absolute atomic E-state index is 0.512. The first-order valence-electron chi connectivity index (χ1n) is 9.02. The van der Waals surface area contributed by atoms with Crippen LogP contribution in [-0.2, 0) is 6.61 Å². The number of hydrogen-bond donors (Lipinski definition) is 0. The van der Waals surface area contributed by atoms with Gasteiger partial charge in [0.15, 0.2) is 5.05 Å². The van der Waals surface area contributed by atoms with Gasteiger partial charge in [-0.3, -0.25) is 0 Å². The Kier molecular flexibility index (Phi) is 5.43. The van der Waals surface area contributed by atoms with Crippen molar-refractivity contribution < 1.29 is 9.47 Å². The molecule has 2 aromatic carbocycles. The number of thiocarbonyl (C=S) groups is 1. The molecule has 0 N–H and O–H groups in total. The monoisotopic (exact) mass is 354 g/mol. The van der Waals surface area contributed by atoms with E-state index in [4.69, 9.17) is 21.7 Å². The first kappa shape index (κ1) is 17.9. The zero-order chi connectivity index (χ0) is 18.0. The summed E-state index contributed by atoms with van der Waals surface area (Å²) in [5.41, 5.74) is 6.19. The van der Waals surface area contributed by atoms with E-state index in [-0.39, 0.29) is 0 Å². The van der Waals surface area contributed by atoms with Crippen molar-refractivity contribution in [3.05, 3.63) is 58.1 Å². The van der Waals surface area contributed by atoms with Crippen molar-refractivity contribution in [2.75, 3.05) is 0 Å². The quantitative estimate of drug-likeness (QED) is 0.577. The fourth-order valence-electron chi connectivity index (χ4n) is 3.04. The second-order valence-corrected chi connectivity index (χ2v) is 7.37. The molecule has 0 atom stereocenters. The largest absolute Gasteiger partial charge is 0.488 e. The lowest BCUT2D eigenvalue weighted by Gasteiger charge is -2.17. The van der Waals surface area contributed by atoms with Crippen LogP contribution < -0.4 is 9.47 Å². The highest BCUT2D eigenvalue weighted by Crippen LogP contribution is 2.44. The van der Waals surface area contributed by atoms with Crippen LogP contribution in [0.5, 0.6) is 11.5 Å². The van der Waals surface area contributed by atoms with Gasteiger partial charge in [-0.1, -0.05) is 25.1 Å². The standard InChI is InChI=1S/C22H26O2S/c1-5-22(25)24-20-8-6-7-18(17-9-10-17)19(20)13-23-21-12-15(3)14(2)11-16(21)4/h6-8,11-12,17H,5,9-10,13H2,1-4H3. The van der Waals surface area contributed by atoms with E-state index in [1.165, 1.54) is 35.1 Å². The predicted molar refractivity (Wildman–Crippen MR) is 107 cm³/mol. The number of rotatable bonds is 6. The SMILES string of the molecule is CCC(=S)Oc1cccc(C2CC2)c1COc1cc(C)c(C)cc1C. The van der Waals surface area contributed by atoms with Crippen LogP contribution in [0.15, 0.2) is 30.3 Å². The number of hydrogen-bond acceptors (Lipinski definition) is 3. The van der Waals surface area contributed by atoms with E-state index in [1.54, 1.807) is 0 Å². The summed E-state index contributed by atoms with van der Waals surface area (Å²) < 4.78 is 12.1. The summed E-state index contributed by atoms with van der Waals surface area (Å²) in [7, 11) is 0. The molecule has 0 heterocycles. The van der Waals surface area contributed by atoms with Gasteiger partial charge in [0.1, 0.15) is 18.1 Å². The molecule has 0 aliphatic heterocycles. The normalized spacial score (nSPS) is 13.6. The van der Waals surface area contributed by atoms with Gasteiger partial charge in [-0.05, 0) is 86.1 Å². The fraction of sp³-hybridized carbons (Fsp3) is 0.409. The molecule has 132 valence electrons. The van der Waals surface area contributed by atoms with Crippen LogP contribution in [-0.4, -0.2) is 5.05 Å². The highest BCUT2D eigenvalue weighted by atomic mass is 32.1. The Hall–Kier alpha value is -1.87. The second kappa shape index (κ2) is 7.57. The Morgan fingerprint density at radius 1 is 1.04 bits per heavy atom. The summed E-state index contributed by atoms with van der Waals surface area (Å²) in [6.07, 6.45) is 3.23. The Labute approximate surface area is 156 Å². The summed E-state index contributed by atoms with van der Waals surface area (Å²) in [6, 6.07) is 10.6. The lowest BCUT2D eigenvalue weighted by atomic mass is 10.0. The summed E-state index contributed by atoms with van der Waals surface area (Å²) in [5.74, 6) is 2.42. The lowest BCUT2D eigenvalue weighted by molar-refractivity contribution is 0.298. The molecule has 0 amide bonds. The Morgan fingerprint density at radius 3 is 2.44 bits per heavy atom. The van der Waals surface area contributed by atoms with Crippen LogP contribution in [0.25, 0.3) is 0 Å². The summed E-state index contributed by atoms with van der Waals surface area (Å²) in [6.45, 7) is 8.87. The second-order valence-electron chi connectivity index (χ2n) is 6.92. The molecule has 1 fully saturated rings. The van der Waals surface area contributed by atoms with Gasteiger partial charge >= 0.3 is 0 Å². The van der Waals surface area contributed by atoms with Crippen molar-refractivity contribution in [1.82, 2.24) is 0 Å². The zero-order valence-corrected chi connectivity index (χ0v) is 16.3. The number of benzene rings is 2. The first-order chi connectivity index (χ1) is 12.0. The van der Waals surface area contributed by atoms with Gasteiger partial charge in [0.2, 0.25) is 0 Å².